The standard InChI is InChI=1S/C22H23N3O5/c1-11-8-12(2)21(28)14(9-11)18-17-19(24-23-18)22(29)25(6-7-26)20(17)13-4-5-15(27)16(10-13)30-3/h4-5,8-10,20,26-28H,6-7H2,1-3H3,(H,23,24). The van der Waals surface area contributed by atoms with Gasteiger partial charge in [0, 0.05) is 17.7 Å². The van der Waals surface area contributed by atoms with Gasteiger partial charge < -0.3 is 25.0 Å². The third-order valence-corrected chi connectivity index (χ3v) is 5.42. The number of aromatic nitrogens is 2. The summed E-state index contributed by atoms with van der Waals surface area (Å²) in [6.45, 7) is 3.64. The molecule has 4 N–H and O–H groups in total. The molecule has 4 rings (SSSR count). The first-order valence-corrected chi connectivity index (χ1v) is 9.55. The quantitative estimate of drug-likeness (QED) is 0.514. The highest BCUT2D eigenvalue weighted by atomic mass is 16.5. The maximum absolute atomic E-state index is 13.1. The van der Waals surface area contributed by atoms with Crippen LogP contribution >= 0.6 is 0 Å². The zero-order valence-electron chi connectivity index (χ0n) is 16.9. The number of hydrogen-bond donors (Lipinski definition) is 4. The van der Waals surface area contributed by atoms with Gasteiger partial charge in [-0.15, -0.1) is 0 Å². The predicted octanol–water partition coefficient (Wildman–Crippen LogP) is 2.65. The van der Waals surface area contributed by atoms with Crippen LogP contribution in [0.4, 0.5) is 0 Å². The first kappa shape index (κ1) is 19.8. The lowest BCUT2D eigenvalue weighted by molar-refractivity contribution is 0.0706. The van der Waals surface area contributed by atoms with Crippen LogP contribution in [0.3, 0.4) is 0 Å². The molecule has 0 spiro atoms. The molecule has 1 aromatic heterocycles. The number of ether oxygens (including phenoxy) is 1. The number of phenols is 2. The number of aromatic amines is 1. The van der Waals surface area contributed by atoms with E-state index < -0.39 is 6.04 Å². The summed E-state index contributed by atoms with van der Waals surface area (Å²) in [6, 6.07) is 7.99. The second-order valence-corrected chi connectivity index (χ2v) is 7.39. The minimum Gasteiger partial charge on any atom is -0.507 e. The van der Waals surface area contributed by atoms with Crippen molar-refractivity contribution in [3.8, 4) is 28.5 Å². The number of benzene rings is 2. The highest BCUT2D eigenvalue weighted by Crippen LogP contribution is 2.46. The number of nitrogens with zero attached hydrogens (tertiary/aromatic N) is 2. The second-order valence-electron chi connectivity index (χ2n) is 7.39. The summed E-state index contributed by atoms with van der Waals surface area (Å²) in [5.74, 6) is 0.0687. The van der Waals surface area contributed by atoms with E-state index >= 15 is 0 Å². The molecule has 1 unspecified atom stereocenters. The fourth-order valence-corrected chi connectivity index (χ4v) is 4.09. The Bertz CT molecular complexity index is 1140. The number of phenolic OH excluding ortho intramolecular Hbond substituents is 2. The Morgan fingerprint density at radius 1 is 1.20 bits per heavy atom. The number of β-amino-alcohol motifs (C(OH)–C–C–N with tert-alkyl or cyclic N) is 1. The summed E-state index contributed by atoms with van der Waals surface area (Å²) in [5.41, 5.74) is 4.28. The molecule has 0 fully saturated rings. The number of methoxy groups -OCH3 is 1. The maximum Gasteiger partial charge on any atom is 0.273 e. The molecule has 8 nitrogen and oxygen atoms in total. The average molecular weight is 409 g/mol. The van der Waals surface area contributed by atoms with Crippen LogP contribution in [0.2, 0.25) is 0 Å². The zero-order valence-corrected chi connectivity index (χ0v) is 16.9. The number of H-pyrrole nitrogens is 1. The lowest BCUT2D eigenvalue weighted by atomic mass is 9.94. The van der Waals surface area contributed by atoms with Crippen LogP contribution in [0.15, 0.2) is 30.3 Å². The third-order valence-electron chi connectivity index (χ3n) is 5.42. The number of fused-ring (bicyclic) bond motifs is 1. The zero-order chi connectivity index (χ0) is 21.6. The molecular formula is C22H23N3O5. The topological polar surface area (TPSA) is 119 Å². The van der Waals surface area contributed by atoms with Crippen LogP contribution in [0.5, 0.6) is 17.2 Å². The second kappa shape index (κ2) is 7.38. The first-order valence-electron chi connectivity index (χ1n) is 9.55. The molecule has 1 aliphatic heterocycles. The van der Waals surface area contributed by atoms with E-state index in [1.54, 1.807) is 12.1 Å². The van der Waals surface area contributed by atoms with Crippen LogP contribution in [-0.4, -0.2) is 56.6 Å². The number of nitrogens with one attached hydrogen (secondary N) is 1. The number of aliphatic hydroxyl groups is 1. The van der Waals surface area contributed by atoms with Gasteiger partial charge in [-0.1, -0.05) is 12.1 Å². The van der Waals surface area contributed by atoms with E-state index in [1.807, 2.05) is 26.0 Å². The number of carbonyl (C=O) groups is 1. The summed E-state index contributed by atoms with van der Waals surface area (Å²) in [6.07, 6.45) is 0. The lowest BCUT2D eigenvalue weighted by Gasteiger charge is -2.26. The Labute approximate surface area is 173 Å². The SMILES string of the molecule is COc1cc(C2c3c(-c4cc(C)cc(C)c4O)n[nH]c3C(=O)N2CCO)ccc1O. The number of amides is 1. The monoisotopic (exact) mass is 409 g/mol. The molecule has 156 valence electrons. The van der Waals surface area contributed by atoms with Gasteiger partial charge in [-0.05, 0) is 48.7 Å². The first-order chi connectivity index (χ1) is 14.4. The Morgan fingerprint density at radius 2 is 1.97 bits per heavy atom. The van der Waals surface area contributed by atoms with Crippen molar-refractivity contribution in [1.29, 1.82) is 0 Å². The van der Waals surface area contributed by atoms with Gasteiger partial charge in [-0.3, -0.25) is 9.89 Å². The van der Waals surface area contributed by atoms with E-state index in [-0.39, 0.29) is 36.3 Å². The third kappa shape index (κ3) is 2.96. The van der Waals surface area contributed by atoms with Gasteiger partial charge in [0.2, 0.25) is 0 Å². The number of aliphatic hydroxyl groups excluding tert-OH is 1. The van der Waals surface area contributed by atoms with Gasteiger partial charge in [0.05, 0.1) is 19.8 Å². The van der Waals surface area contributed by atoms with E-state index in [1.165, 1.54) is 18.1 Å². The molecule has 8 heteroatoms. The van der Waals surface area contributed by atoms with Gasteiger partial charge in [-0.2, -0.15) is 5.10 Å². The molecule has 0 bridgehead atoms. The molecule has 2 aromatic carbocycles. The van der Waals surface area contributed by atoms with Gasteiger partial charge in [0.1, 0.15) is 17.1 Å². The largest absolute Gasteiger partial charge is 0.507 e. The van der Waals surface area contributed by atoms with Crippen molar-refractivity contribution in [3.63, 3.8) is 0 Å². The number of aromatic hydroxyl groups is 2. The lowest BCUT2D eigenvalue weighted by Crippen LogP contribution is -2.32. The van der Waals surface area contributed by atoms with E-state index in [9.17, 15) is 20.1 Å². The van der Waals surface area contributed by atoms with E-state index in [4.69, 9.17) is 4.74 Å². The molecular weight excluding hydrogens is 386 g/mol. The molecule has 1 amide bonds. The fraction of sp³-hybridized carbons (Fsp3) is 0.273. The van der Waals surface area contributed by atoms with Gasteiger partial charge in [-0.25, -0.2) is 0 Å². The van der Waals surface area contributed by atoms with E-state index in [0.717, 1.165) is 5.56 Å². The minimum atomic E-state index is -0.567. The number of hydrogen-bond acceptors (Lipinski definition) is 6. The van der Waals surface area contributed by atoms with E-state index in [2.05, 4.69) is 10.2 Å². The summed E-state index contributed by atoms with van der Waals surface area (Å²) in [7, 11) is 1.45. The molecule has 2 heterocycles. The maximum atomic E-state index is 13.1. The van der Waals surface area contributed by atoms with Gasteiger partial charge >= 0.3 is 0 Å². The van der Waals surface area contributed by atoms with Crippen molar-refractivity contribution in [1.82, 2.24) is 15.1 Å². The highest BCUT2D eigenvalue weighted by molar-refractivity contribution is 6.00. The molecule has 0 aliphatic carbocycles. The smallest absolute Gasteiger partial charge is 0.273 e. The van der Waals surface area contributed by atoms with Crippen molar-refractivity contribution in [2.75, 3.05) is 20.3 Å². The predicted molar refractivity (Wildman–Crippen MR) is 110 cm³/mol. The van der Waals surface area contributed by atoms with Crippen molar-refractivity contribution >= 4 is 5.91 Å². The van der Waals surface area contributed by atoms with Crippen molar-refractivity contribution in [2.24, 2.45) is 0 Å². The van der Waals surface area contributed by atoms with Crippen LogP contribution in [0.1, 0.15) is 38.8 Å². The normalized spacial score (nSPS) is 15.5. The van der Waals surface area contributed by atoms with Crippen LogP contribution in [-0.2, 0) is 0 Å². The molecule has 0 saturated heterocycles. The summed E-state index contributed by atoms with van der Waals surface area (Å²) in [4.78, 5) is 14.6. The van der Waals surface area contributed by atoms with Crippen molar-refractivity contribution in [2.45, 2.75) is 19.9 Å². The van der Waals surface area contributed by atoms with Crippen molar-refractivity contribution in [3.05, 3.63) is 58.3 Å². The van der Waals surface area contributed by atoms with Crippen LogP contribution < -0.4 is 4.74 Å². The molecule has 1 aliphatic rings. The molecule has 3 aromatic rings. The Hall–Kier alpha value is -3.52. The Balaban J connectivity index is 1.95. The number of rotatable bonds is 5. The molecule has 0 saturated carbocycles. The fourth-order valence-electron chi connectivity index (χ4n) is 4.09. The number of carbonyl (C=O) groups excluding carboxylic acids is 1. The van der Waals surface area contributed by atoms with Gasteiger partial charge in [0.15, 0.2) is 11.5 Å². The number of aryl methyl sites for hydroxylation is 2. The van der Waals surface area contributed by atoms with Crippen LogP contribution in [0.25, 0.3) is 11.3 Å². The highest BCUT2D eigenvalue weighted by Gasteiger charge is 2.42. The van der Waals surface area contributed by atoms with Crippen molar-refractivity contribution < 1.29 is 24.9 Å². The average Bonchev–Trinajstić information content (AvgIpc) is 3.25. The molecule has 0 radical (unpaired) electrons. The Kier molecular flexibility index (Phi) is 4.87. The molecule has 1 atom stereocenters. The molecule has 30 heavy (non-hydrogen) atoms. The summed E-state index contributed by atoms with van der Waals surface area (Å²) >= 11 is 0. The summed E-state index contributed by atoms with van der Waals surface area (Å²) in [5, 5.41) is 37.4. The van der Waals surface area contributed by atoms with Gasteiger partial charge in [0.25, 0.3) is 5.91 Å². The van der Waals surface area contributed by atoms with Crippen LogP contribution in [0, 0.1) is 13.8 Å². The Morgan fingerprint density at radius 3 is 2.67 bits per heavy atom. The minimum absolute atomic E-state index is 0.0149. The summed E-state index contributed by atoms with van der Waals surface area (Å²) < 4.78 is 5.24. The van der Waals surface area contributed by atoms with E-state index in [0.29, 0.717) is 33.6 Å².